The van der Waals surface area contributed by atoms with Crippen molar-refractivity contribution in [3.05, 3.63) is 21.4 Å². The molecule has 0 unspecified atom stereocenters. The number of rotatable bonds is 4. The van der Waals surface area contributed by atoms with Gasteiger partial charge in [-0.1, -0.05) is 0 Å². The molecule has 1 aromatic heterocycles. The summed E-state index contributed by atoms with van der Waals surface area (Å²) >= 11 is 1.57. The number of nitrogens with zero attached hydrogens (tertiary/aromatic N) is 3. The smallest absolute Gasteiger partial charge is 0.261 e. The van der Waals surface area contributed by atoms with Crippen LogP contribution in [0.3, 0.4) is 0 Å². The molecule has 1 fully saturated rings. The lowest BCUT2D eigenvalue weighted by Gasteiger charge is -2.34. The van der Waals surface area contributed by atoms with E-state index in [1.807, 2.05) is 6.07 Å². The van der Waals surface area contributed by atoms with Gasteiger partial charge < -0.3 is 10.2 Å². The Labute approximate surface area is 152 Å². The molecule has 2 aliphatic rings. The molecule has 1 aliphatic heterocycles. The second-order valence-electron chi connectivity index (χ2n) is 7.30. The summed E-state index contributed by atoms with van der Waals surface area (Å²) in [5.74, 6) is 0.0128. The maximum atomic E-state index is 12.7. The molecule has 25 heavy (non-hydrogen) atoms. The second-order valence-corrected chi connectivity index (χ2v) is 8.44. The maximum Gasteiger partial charge on any atom is 0.261 e. The summed E-state index contributed by atoms with van der Waals surface area (Å²) in [4.78, 5) is 35.1. The molecule has 3 atom stereocenters. The first kappa shape index (κ1) is 18.1. The Morgan fingerprint density at radius 2 is 2.12 bits per heavy atom. The van der Waals surface area contributed by atoms with Gasteiger partial charge in [0.2, 0.25) is 5.91 Å². The molecule has 0 radical (unpaired) electrons. The van der Waals surface area contributed by atoms with Crippen LogP contribution in [0.2, 0.25) is 0 Å². The number of amides is 2. The van der Waals surface area contributed by atoms with Crippen molar-refractivity contribution in [3.63, 3.8) is 0 Å². The van der Waals surface area contributed by atoms with Crippen LogP contribution in [0.5, 0.6) is 0 Å². The van der Waals surface area contributed by atoms with Crippen molar-refractivity contribution >= 4 is 29.9 Å². The van der Waals surface area contributed by atoms with Crippen molar-refractivity contribution in [2.75, 3.05) is 21.1 Å². The van der Waals surface area contributed by atoms with Crippen molar-refractivity contribution in [1.29, 1.82) is 0 Å². The molecule has 1 aliphatic carbocycles. The van der Waals surface area contributed by atoms with Gasteiger partial charge in [-0.05, 0) is 44.7 Å². The molecule has 0 aromatic carbocycles. The number of carbonyl (C=O) groups is 2. The van der Waals surface area contributed by atoms with Crippen LogP contribution in [0.1, 0.15) is 39.4 Å². The summed E-state index contributed by atoms with van der Waals surface area (Å²) < 4.78 is 0. The number of aliphatic imine (C=N–C) groups is 1. The van der Waals surface area contributed by atoms with E-state index in [2.05, 4.69) is 29.0 Å². The zero-order valence-corrected chi connectivity index (χ0v) is 15.9. The number of thiophene rings is 1. The van der Waals surface area contributed by atoms with E-state index in [0.717, 1.165) is 30.8 Å². The Balaban J connectivity index is 1.68. The van der Waals surface area contributed by atoms with E-state index in [0.29, 0.717) is 6.42 Å². The molecule has 6 nitrogen and oxygen atoms in total. The second kappa shape index (κ2) is 7.25. The molecule has 0 saturated heterocycles. The normalized spacial score (nSPS) is 26.1. The average Bonchev–Trinajstić information content (AvgIpc) is 3.11. The molecule has 1 saturated carbocycles. The van der Waals surface area contributed by atoms with E-state index < -0.39 is 0 Å². The quantitative estimate of drug-likeness (QED) is 0.830. The fraction of sp³-hybridized carbons (Fsp3) is 0.611. The lowest BCUT2D eigenvalue weighted by atomic mass is 9.81. The Morgan fingerprint density at radius 3 is 2.76 bits per heavy atom. The van der Waals surface area contributed by atoms with Gasteiger partial charge in [0, 0.05) is 38.0 Å². The summed E-state index contributed by atoms with van der Waals surface area (Å²) in [6.07, 6.45) is 2.21. The van der Waals surface area contributed by atoms with Gasteiger partial charge in [0.05, 0.1) is 17.0 Å². The summed E-state index contributed by atoms with van der Waals surface area (Å²) in [5.41, 5.74) is 1.25. The monoisotopic (exact) mass is 362 g/mol. The molecule has 2 heterocycles. The first-order chi connectivity index (χ1) is 11.9. The van der Waals surface area contributed by atoms with E-state index >= 15 is 0 Å². The van der Waals surface area contributed by atoms with Gasteiger partial charge in [-0.25, -0.2) is 0 Å². The van der Waals surface area contributed by atoms with E-state index in [9.17, 15) is 9.59 Å². The minimum Gasteiger partial charge on any atom is -0.349 e. The highest BCUT2D eigenvalue weighted by Gasteiger charge is 2.35. The van der Waals surface area contributed by atoms with Crippen LogP contribution < -0.4 is 5.32 Å². The summed E-state index contributed by atoms with van der Waals surface area (Å²) in [7, 11) is 5.63. The number of carbonyl (C=O) groups excluding carboxylic acids is 2. The summed E-state index contributed by atoms with van der Waals surface area (Å²) in [5, 5.41) is 3.11. The van der Waals surface area contributed by atoms with Gasteiger partial charge >= 0.3 is 0 Å². The van der Waals surface area contributed by atoms with Gasteiger partial charge in [0.1, 0.15) is 0 Å². The van der Waals surface area contributed by atoms with Crippen LogP contribution >= 0.6 is 11.3 Å². The minimum absolute atomic E-state index is 0.0203. The Bertz CT molecular complexity index is 661. The highest BCUT2D eigenvalue weighted by atomic mass is 32.1. The molecule has 1 N–H and O–H groups in total. The number of hydrogen-bond acceptors (Lipinski definition) is 5. The van der Waals surface area contributed by atoms with Gasteiger partial charge in [-0.3, -0.25) is 19.5 Å². The van der Waals surface area contributed by atoms with Gasteiger partial charge in [0.15, 0.2) is 0 Å². The van der Waals surface area contributed by atoms with Crippen LogP contribution in [0.4, 0.5) is 0 Å². The zero-order chi connectivity index (χ0) is 18.1. The fourth-order valence-corrected chi connectivity index (χ4v) is 4.95. The predicted octanol–water partition coefficient (Wildman–Crippen LogP) is 1.75. The third kappa shape index (κ3) is 3.77. The van der Waals surface area contributed by atoms with Crippen LogP contribution in [-0.2, 0) is 17.9 Å². The van der Waals surface area contributed by atoms with Gasteiger partial charge in [-0.2, -0.15) is 0 Å². The van der Waals surface area contributed by atoms with E-state index in [4.69, 9.17) is 0 Å². The highest BCUT2D eigenvalue weighted by Crippen LogP contribution is 2.31. The topological polar surface area (TPSA) is 65.0 Å². The van der Waals surface area contributed by atoms with E-state index in [1.54, 1.807) is 30.3 Å². The Morgan fingerprint density at radius 1 is 1.36 bits per heavy atom. The third-order valence-corrected chi connectivity index (χ3v) is 6.29. The van der Waals surface area contributed by atoms with Crippen molar-refractivity contribution in [2.45, 2.75) is 44.4 Å². The summed E-state index contributed by atoms with van der Waals surface area (Å²) in [6, 6.07) is 1.85. The molecule has 0 spiro atoms. The Hall–Kier alpha value is -1.73. The summed E-state index contributed by atoms with van der Waals surface area (Å²) in [6.45, 7) is 5.48. The molecule has 136 valence electrons. The van der Waals surface area contributed by atoms with Crippen LogP contribution in [0.15, 0.2) is 11.1 Å². The van der Waals surface area contributed by atoms with Gasteiger partial charge in [0.25, 0.3) is 5.91 Å². The van der Waals surface area contributed by atoms with Crippen molar-refractivity contribution in [1.82, 2.24) is 15.1 Å². The number of fused-ring (bicyclic) bond motifs is 1. The molecule has 7 heteroatoms. The standard InChI is InChI=1S/C18H26N4O2S/c1-19-13-6-5-11(18(24)21(2)3)7-14(13)20-17(23)15-8-12-9-22(4)10-16(12)25-15/h8,11,13-14H,1,5-7,9-10H2,2-4H3,(H,20,23)/t11-,13-,14+/m0/s1. The minimum atomic E-state index is -0.132. The number of nitrogens with one attached hydrogen (secondary N) is 1. The SMILES string of the molecule is C=N[C@H]1CC[C@H](C(=O)N(C)C)C[C@H]1NC(=O)c1cc2c(s1)CN(C)C2. The van der Waals surface area contributed by atoms with E-state index in [-0.39, 0.29) is 29.8 Å². The largest absolute Gasteiger partial charge is 0.349 e. The van der Waals surface area contributed by atoms with Crippen molar-refractivity contribution in [2.24, 2.45) is 10.9 Å². The number of hydrogen-bond donors (Lipinski definition) is 1. The average molecular weight is 362 g/mol. The van der Waals surface area contributed by atoms with Gasteiger partial charge in [-0.15, -0.1) is 11.3 Å². The molecular weight excluding hydrogens is 336 g/mol. The maximum absolute atomic E-state index is 12.7. The van der Waals surface area contributed by atoms with Crippen molar-refractivity contribution in [3.8, 4) is 0 Å². The molecular formula is C18H26N4O2S. The molecule has 0 bridgehead atoms. The Kier molecular flexibility index (Phi) is 5.24. The van der Waals surface area contributed by atoms with Crippen molar-refractivity contribution < 1.29 is 9.59 Å². The first-order valence-corrected chi connectivity index (χ1v) is 9.48. The van der Waals surface area contributed by atoms with E-state index in [1.165, 1.54) is 10.4 Å². The third-order valence-electron chi connectivity index (χ3n) is 5.13. The van der Waals surface area contributed by atoms with Crippen LogP contribution in [0.25, 0.3) is 0 Å². The lowest BCUT2D eigenvalue weighted by molar-refractivity contribution is -0.134. The zero-order valence-electron chi connectivity index (χ0n) is 15.1. The predicted molar refractivity (Wildman–Crippen MR) is 100 cm³/mol. The molecule has 3 rings (SSSR count). The fourth-order valence-electron chi connectivity index (χ4n) is 3.80. The van der Waals surface area contributed by atoms with Crippen LogP contribution in [0, 0.1) is 5.92 Å². The highest BCUT2D eigenvalue weighted by molar-refractivity contribution is 7.14. The molecule has 2 amide bonds. The lowest BCUT2D eigenvalue weighted by Crippen LogP contribution is -2.48. The first-order valence-electron chi connectivity index (χ1n) is 8.67. The van der Waals surface area contributed by atoms with Crippen LogP contribution in [-0.4, -0.2) is 61.6 Å². The molecule has 1 aromatic rings.